The van der Waals surface area contributed by atoms with E-state index in [1.807, 2.05) is 0 Å². The van der Waals surface area contributed by atoms with E-state index in [2.05, 4.69) is 50.9 Å². The van der Waals surface area contributed by atoms with Gasteiger partial charge < -0.3 is 0 Å². The molecule has 0 amide bonds. The molecule has 0 radical (unpaired) electrons. The fourth-order valence-electron chi connectivity index (χ4n) is 2.34. The second-order valence-electron chi connectivity index (χ2n) is 4.01. The van der Waals surface area contributed by atoms with Crippen LogP contribution in [0, 0.1) is 0 Å². The zero-order valence-corrected chi connectivity index (χ0v) is 15.5. The number of hydrogen-bond donors (Lipinski definition) is 0. The predicted octanol–water partition coefficient (Wildman–Crippen LogP) is 1.73. The summed E-state index contributed by atoms with van der Waals surface area (Å²) in [5.74, 6) is 0. The van der Waals surface area contributed by atoms with E-state index in [9.17, 15) is 0 Å². The molecule has 0 fully saturated rings. The monoisotopic (exact) mass is 337 g/mol. The molecule has 0 saturated heterocycles. The van der Waals surface area contributed by atoms with Crippen LogP contribution in [0.4, 0.5) is 0 Å². The molecule has 0 atom stereocenters. The zero-order chi connectivity index (χ0) is 12.6. The van der Waals surface area contributed by atoms with Gasteiger partial charge in [-0.2, -0.15) is 0 Å². The van der Waals surface area contributed by atoms with Gasteiger partial charge in [-0.1, -0.05) is 0 Å². The van der Waals surface area contributed by atoms with Crippen molar-refractivity contribution < 1.29 is 0 Å². The van der Waals surface area contributed by atoms with Crippen LogP contribution >= 0.6 is 0 Å². The van der Waals surface area contributed by atoms with Gasteiger partial charge in [-0.25, -0.2) is 0 Å². The van der Waals surface area contributed by atoms with E-state index in [0.717, 1.165) is 0 Å². The molecule has 0 rings (SSSR count). The Kier molecular flexibility index (Phi) is 10.1. The fraction of sp³-hybridized carbons (Fsp3) is 1.00. The van der Waals surface area contributed by atoms with E-state index >= 15 is 0 Å². The molecule has 0 N–H and O–H groups in total. The van der Waals surface area contributed by atoms with Crippen LogP contribution in [0.2, 0.25) is 0 Å². The third-order valence-corrected chi connectivity index (χ3v) is 15.3. The minimum absolute atomic E-state index is 1.21. The van der Waals surface area contributed by atoms with Crippen LogP contribution in [0.1, 0.15) is 41.5 Å². The maximum absolute atomic E-state index is 2.75. The summed E-state index contributed by atoms with van der Waals surface area (Å²) < 4.78 is 8.26. The normalized spacial score (nSPS) is 12.4. The number of rotatable bonds is 9. The van der Waals surface area contributed by atoms with Crippen LogP contribution in [-0.4, -0.2) is 69.2 Å². The number of nitrogens with zero attached hydrogens (tertiary/aromatic N) is 3. The Balaban J connectivity index is 4.84. The summed E-state index contributed by atoms with van der Waals surface area (Å²) in [5, 5.41) is 0. The maximum atomic E-state index is 2.75. The van der Waals surface area contributed by atoms with Crippen molar-refractivity contribution in [2.24, 2.45) is 0 Å². The average Bonchev–Trinajstić information content (AvgIpc) is 2.33. The van der Waals surface area contributed by atoms with Gasteiger partial charge in [0.05, 0.1) is 0 Å². The first-order valence-electron chi connectivity index (χ1n) is 6.91. The summed E-state index contributed by atoms with van der Waals surface area (Å²) in [6.07, 6.45) is 0. The van der Waals surface area contributed by atoms with Gasteiger partial charge in [0.2, 0.25) is 0 Å². The Bertz CT molecular complexity index is 126. The van der Waals surface area contributed by atoms with Gasteiger partial charge >= 0.3 is 111 Å². The van der Waals surface area contributed by atoms with Crippen LogP contribution in [0.3, 0.4) is 0 Å². The van der Waals surface area contributed by atoms with Gasteiger partial charge in [0, 0.05) is 0 Å². The molecule has 0 aliphatic heterocycles. The van der Waals surface area contributed by atoms with Crippen molar-refractivity contribution in [2.75, 3.05) is 39.3 Å². The van der Waals surface area contributed by atoms with Crippen molar-refractivity contribution in [3.8, 4) is 0 Å². The van der Waals surface area contributed by atoms with Crippen LogP contribution in [0.5, 0.6) is 0 Å². The average molecular weight is 336 g/mol. The first-order chi connectivity index (χ1) is 7.69. The van der Waals surface area contributed by atoms with E-state index in [4.69, 9.17) is 0 Å². The summed E-state index contributed by atoms with van der Waals surface area (Å²) in [6, 6.07) is 0. The first kappa shape index (κ1) is 16.7. The second kappa shape index (κ2) is 9.68. The SMILES string of the molecule is CC[N](CC)[SnH]([N](CC)CC)[N](CC)CC. The van der Waals surface area contributed by atoms with Crippen LogP contribution < -0.4 is 0 Å². The van der Waals surface area contributed by atoms with Crippen LogP contribution in [0.25, 0.3) is 0 Å². The van der Waals surface area contributed by atoms with Crippen LogP contribution in [0.15, 0.2) is 0 Å². The quantitative estimate of drug-likeness (QED) is 0.594. The topological polar surface area (TPSA) is 9.72 Å². The Labute approximate surface area is 111 Å². The summed E-state index contributed by atoms with van der Waals surface area (Å²) in [4.78, 5) is 0. The predicted molar refractivity (Wildman–Crippen MR) is 75.9 cm³/mol. The third kappa shape index (κ3) is 4.51. The molecule has 0 unspecified atom stereocenters. The molecule has 0 aromatic rings. The molecule has 0 aliphatic rings. The fourth-order valence-corrected chi connectivity index (χ4v) is 11.9. The van der Waals surface area contributed by atoms with Crippen LogP contribution in [-0.2, 0) is 0 Å². The Hall–Kier alpha value is 0.679. The van der Waals surface area contributed by atoms with Gasteiger partial charge in [-0.3, -0.25) is 0 Å². The van der Waals surface area contributed by atoms with Gasteiger partial charge in [-0.15, -0.1) is 0 Å². The summed E-state index contributed by atoms with van der Waals surface area (Å²) in [6.45, 7) is 21.1. The molecule has 0 aromatic heterocycles. The summed E-state index contributed by atoms with van der Waals surface area (Å²) in [7, 11) is 0. The van der Waals surface area contributed by atoms with E-state index < -0.39 is 20.6 Å². The Morgan fingerprint density at radius 1 is 0.500 bits per heavy atom. The van der Waals surface area contributed by atoms with Crippen molar-refractivity contribution in [1.29, 1.82) is 0 Å². The molecule has 0 bridgehead atoms. The van der Waals surface area contributed by atoms with Gasteiger partial charge in [0.1, 0.15) is 0 Å². The van der Waals surface area contributed by atoms with E-state index in [1.54, 1.807) is 0 Å². The molecule has 0 spiro atoms. The van der Waals surface area contributed by atoms with Gasteiger partial charge in [-0.05, 0) is 0 Å². The van der Waals surface area contributed by atoms with Crippen molar-refractivity contribution in [2.45, 2.75) is 41.5 Å². The van der Waals surface area contributed by atoms with Gasteiger partial charge in [0.15, 0.2) is 0 Å². The standard InChI is InChI=1S/3C4H10N.Sn.H/c3*1-3-5-4-2;;/h3*3-4H2,1-2H3;;/q3*-1;+3;. The van der Waals surface area contributed by atoms with E-state index in [0.29, 0.717) is 0 Å². The zero-order valence-electron chi connectivity index (χ0n) is 12.2. The minimum atomic E-state index is -1.87. The van der Waals surface area contributed by atoms with Crippen molar-refractivity contribution in [3.05, 3.63) is 0 Å². The Morgan fingerprint density at radius 3 is 0.812 bits per heavy atom. The summed E-state index contributed by atoms with van der Waals surface area (Å²) in [5.41, 5.74) is 0. The molecular formula is C12H31N3Sn. The molecule has 0 aliphatic carbocycles. The van der Waals surface area contributed by atoms with Crippen molar-refractivity contribution in [1.82, 2.24) is 9.36 Å². The first-order valence-corrected chi connectivity index (χ1v) is 11.3. The molecule has 16 heavy (non-hydrogen) atoms. The molecule has 3 nitrogen and oxygen atoms in total. The Morgan fingerprint density at radius 2 is 0.688 bits per heavy atom. The molecule has 98 valence electrons. The molecule has 0 aromatic carbocycles. The molecule has 4 heteroatoms. The summed E-state index contributed by atoms with van der Waals surface area (Å²) >= 11 is -1.87. The second-order valence-corrected chi connectivity index (χ2v) is 12.2. The van der Waals surface area contributed by atoms with Crippen molar-refractivity contribution >= 4 is 20.6 Å². The van der Waals surface area contributed by atoms with Gasteiger partial charge in [0.25, 0.3) is 0 Å². The third-order valence-electron chi connectivity index (χ3n) is 3.42. The number of hydrogen-bond acceptors (Lipinski definition) is 3. The van der Waals surface area contributed by atoms with E-state index in [1.165, 1.54) is 39.3 Å². The molecular weight excluding hydrogens is 305 g/mol. The van der Waals surface area contributed by atoms with Crippen molar-refractivity contribution in [3.63, 3.8) is 0 Å². The molecule has 0 heterocycles. The van der Waals surface area contributed by atoms with E-state index in [-0.39, 0.29) is 0 Å². The molecule has 0 saturated carbocycles.